The van der Waals surface area contributed by atoms with Gasteiger partial charge in [-0.25, -0.2) is 0 Å². The van der Waals surface area contributed by atoms with E-state index in [0.717, 1.165) is 10.0 Å². The minimum Gasteiger partial charge on any atom is -0.309 e. The lowest BCUT2D eigenvalue weighted by atomic mass is 9.99. The Morgan fingerprint density at radius 1 is 1.11 bits per heavy atom. The molecule has 0 saturated carbocycles. The first-order valence-electron chi connectivity index (χ1n) is 5.60. The summed E-state index contributed by atoms with van der Waals surface area (Å²) in [6.07, 6.45) is 0. The van der Waals surface area contributed by atoms with Crippen LogP contribution in [-0.2, 0) is 0 Å². The Kier molecular flexibility index (Phi) is 5.55. The Hall–Kier alpha value is 0.190. The van der Waals surface area contributed by atoms with Crippen LogP contribution < -0.4 is 5.32 Å². The van der Waals surface area contributed by atoms with Crippen LogP contribution in [0.25, 0.3) is 0 Å². The van der Waals surface area contributed by atoms with Crippen LogP contribution >= 0.6 is 61.7 Å². The summed E-state index contributed by atoms with van der Waals surface area (Å²) >= 11 is 18.1. The molecular weight excluding hydrogens is 460 g/mol. The summed E-state index contributed by atoms with van der Waals surface area (Å²) in [6.45, 7) is 0. The SMILES string of the molecule is CNC(c1ccc(Cl)cc1Cl)c1cc(Br)ccc1I. The lowest BCUT2D eigenvalue weighted by Gasteiger charge is -2.20. The summed E-state index contributed by atoms with van der Waals surface area (Å²) in [4.78, 5) is 0. The Bertz CT molecular complexity index is 604. The molecule has 0 aliphatic heterocycles. The van der Waals surface area contributed by atoms with E-state index in [-0.39, 0.29) is 6.04 Å². The highest BCUT2D eigenvalue weighted by molar-refractivity contribution is 14.1. The first-order chi connectivity index (χ1) is 9.02. The van der Waals surface area contributed by atoms with Crippen LogP contribution in [-0.4, -0.2) is 7.05 Å². The second kappa shape index (κ2) is 6.76. The van der Waals surface area contributed by atoms with Gasteiger partial charge in [0, 0.05) is 18.1 Å². The number of nitrogens with one attached hydrogen (secondary N) is 1. The van der Waals surface area contributed by atoms with Gasteiger partial charge in [-0.05, 0) is 71.1 Å². The van der Waals surface area contributed by atoms with Gasteiger partial charge in [-0.15, -0.1) is 0 Å². The Labute approximate surface area is 145 Å². The molecule has 0 spiro atoms. The molecule has 0 saturated heterocycles. The zero-order valence-electron chi connectivity index (χ0n) is 10.1. The molecule has 2 aromatic rings. The van der Waals surface area contributed by atoms with E-state index >= 15 is 0 Å². The average molecular weight is 471 g/mol. The van der Waals surface area contributed by atoms with Crippen molar-refractivity contribution in [2.45, 2.75) is 6.04 Å². The van der Waals surface area contributed by atoms with Gasteiger partial charge in [0.15, 0.2) is 0 Å². The fourth-order valence-electron chi connectivity index (χ4n) is 1.95. The molecule has 19 heavy (non-hydrogen) atoms. The van der Waals surface area contributed by atoms with Gasteiger partial charge in [-0.2, -0.15) is 0 Å². The maximum atomic E-state index is 6.31. The van der Waals surface area contributed by atoms with Crippen LogP contribution in [0.2, 0.25) is 10.0 Å². The fourth-order valence-corrected chi connectivity index (χ4v) is 3.49. The van der Waals surface area contributed by atoms with Gasteiger partial charge < -0.3 is 5.32 Å². The molecule has 0 amide bonds. The van der Waals surface area contributed by atoms with E-state index < -0.39 is 0 Å². The lowest BCUT2D eigenvalue weighted by molar-refractivity contribution is 0.688. The highest BCUT2D eigenvalue weighted by Crippen LogP contribution is 2.33. The molecule has 0 aromatic heterocycles. The average Bonchev–Trinajstić information content (AvgIpc) is 2.36. The third-order valence-corrected chi connectivity index (χ3v) is 4.87. The first kappa shape index (κ1) is 15.6. The monoisotopic (exact) mass is 469 g/mol. The quantitative estimate of drug-likeness (QED) is 0.570. The molecule has 1 unspecified atom stereocenters. The summed E-state index contributed by atoms with van der Waals surface area (Å²) in [5.41, 5.74) is 2.20. The van der Waals surface area contributed by atoms with Crippen LogP contribution in [0, 0.1) is 3.57 Å². The molecule has 5 heteroatoms. The number of hydrogen-bond acceptors (Lipinski definition) is 1. The van der Waals surface area contributed by atoms with Crippen molar-refractivity contribution in [2.24, 2.45) is 0 Å². The van der Waals surface area contributed by atoms with Crippen LogP contribution in [0.3, 0.4) is 0 Å². The molecule has 0 bridgehead atoms. The molecule has 1 atom stereocenters. The van der Waals surface area contributed by atoms with Gasteiger partial charge in [0.1, 0.15) is 0 Å². The van der Waals surface area contributed by atoms with Crippen molar-refractivity contribution in [3.05, 3.63) is 65.6 Å². The van der Waals surface area contributed by atoms with E-state index in [1.165, 1.54) is 9.13 Å². The molecule has 1 N–H and O–H groups in total. The smallest absolute Gasteiger partial charge is 0.0599 e. The van der Waals surface area contributed by atoms with Crippen LogP contribution in [0.1, 0.15) is 17.2 Å². The van der Waals surface area contributed by atoms with Gasteiger partial charge in [-0.3, -0.25) is 0 Å². The predicted octanol–water partition coefficient (Wildman–Crippen LogP) is 5.67. The molecule has 100 valence electrons. The van der Waals surface area contributed by atoms with Gasteiger partial charge >= 0.3 is 0 Å². The van der Waals surface area contributed by atoms with Gasteiger partial charge in [0.2, 0.25) is 0 Å². The lowest BCUT2D eigenvalue weighted by Crippen LogP contribution is -2.19. The highest BCUT2D eigenvalue weighted by atomic mass is 127. The summed E-state index contributed by atoms with van der Waals surface area (Å²) in [7, 11) is 1.92. The molecular formula is C14H11BrCl2IN. The molecule has 2 rings (SSSR count). The van der Waals surface area contributed by atoms with E-state index in [1.54, 1.807) is 6.07 Å². The summed E-state index contributed by atoms with van der Waals surface area (Å²) in [6, 6.07) is 11.8. The van der Waals surface area contributed by atoms with Crippen molar-refractivity contribution >= 4 is 61.7 Å². The van der Waals surface area contributed by atoms with Gasteiger partial charge in [0.25, 0.3) is 0 Å². The van der Waals surface area contributed by atoms with Crippen molar-refractivity contribution in [3.8, 4) is 0 Å². The molecule has 2 aromatic carbocycles. The van der Waals surface area contributed by atoms with Crippen molar-refractivity contribution in [1.29, 1.82) is 0 Å². The van der Waals surface area contributed by atoms with Crippen LogP contribution in [0.15, 0.2) is 40.9 Å². The molecule has 0 radical (unpaired) electrons. The standard InChI is InChI=1S/C14H11BrCl2IN/c1-19-14(10-4-3-9(16)7-12(10)17)11-6-8(15)2-5-13(11)18/h2-7,14,19H,1H3. The third kappa shape index (κ3) is 3.64. The summed E-state index contributed by atoms with van der Waals surface area (Å²) in [5, 5.41) is 4.62. The minimum absolute atomic E-state index is 0.0363. The maximum Gasteiger partial charge on any atom is 0.0599 e. The Balaban J connectivity index is 2.52. The summed E-state index contributed by atoms with van der Waals surface area (Å²) in [5.74, 6) is 0. The number of halogens is 4. The van der Waals surface area contributed by atoms with Crippen molar-refractivity contribution in [3.63, 3.8) is 0 Å². The Morgan fingerprint density at radius 2 is 1.84 bits per heavy atom. The molecule has 1 nitrogen and oxygen atoms in total. The second-order valence-electron chi connectivity index (χ2n) is 4.05. The third-order valence-electron chi connectivity index (χ3n) is 2.83. The maximum absolute atomic E-state index is 6.31. The van der Waals surface area contributed by atoms with Crippen molar-refractivity contribution in [1.82, 2.24) is 5.32 Å². The normalized spacial score (nSPS) is 12.5. The first-order valence-corrected chi connectivity index (χ1v) is 8.23. The van der Waals surface area contributed by atoms with Gasteiger partial charge in [-0.1, -0.05) is 45.2 Å². The van der Waals surface area contributed by atoms with E-state index in [1.807, 2.05) is 25.2 Å². The largest absolute Gasteiger partial charge is 0.309 e. The topological polar surface area (TPSA) is 12.0 Å². The van der Waals surface area contributed by atoms with Crippen LogP contribution in [0.5, 0.6) is 0 Å². The zero-order valence-corrected chi connectivity index (χ0v) is 15.3. The van der Waals surface area contributed by atoms with E-state index in [0.29, 0.717) is 10.0 Å². The number of rotatable bonds is 3. The zero-order chi connectivity index (χ0) is 14.0. The molecule has 0 heterocycles. The van der Waals surface area contributed by atoms with Crippen LogP contribution in [0.4, 0.5) is 0 Å². The van der Waals surface area contributed by atoms with Gasteiger partial charge in [0.05, 0.1) is 6.04 Å². The predicted molar refractivity (Wildman–Crippen MR) is 94.2 cm³/mol. The Morgan fingerprint density at radius 3 is 2.47 bits per heavy atom. The van der Waals surface area contributed by atoms with Crippen molar-refractivity contribution < 1.29 is 0 Å². The van der Waals surface area contributed by atoms with Crippen molar-refractivity contribution in [2.75, 3.05) is 7.05 Å². The second-order valence-corrected chi connectivity index (χ2v) is 6.97. The fraction of sp³-hybridized carbons (Fsp3) is 0.143. The van der Waals surface area contributed by atoms with E-state index in [9.17, 15) is 0 Å². The number of hydrogen-bond donors (Lipinski definition) is 1. The summed E-state index contributed by atoms with van der Waals surface area (Å²) < 4.78 is 2.24. The molecule has 0 aliphatic rings. The highest BCUT2D eigenvalue weighted by Gasteiger charge is 2.18. The molecule has 0 aliphatic carbocycles. The van der Waals surface area contributed by atoms with E-state index in [4.69, 9.17) is 23.2 Å². The minimum atomic E-state index is 0.0363. The molecule has 0 fully saturated rings. The number of benzene rings is 2. The van der Waals surface area contributed by atoms with E-state index in [2.05, 4.69) is 56.0 Å².